The summed E-state index contributed by atoms with van der Waals surface area (Å²) in [4.78, 5) is 45.7. The van der Waals surface area contributed by atoms with Gasteiger partial charge in [0.05, 0.1) is 48.4 Å². The third-order valence-corrected chi connectivity index (χ3v) is 9.41. The maximum atomic E-state index is 13.6. The average Bonchev–Trinajstić information content (AvgIpc) is 3.38. The number of rotatable bonds is 5. The van der Waals surface area contributed by atoms with Crippen LogP contribution in [0.2, 0.25) is 5.15 Å². The fourth-order valence-electron chi connectivity index (χ4n) is 6.47. The molecule has 0 bridgehead atoms. The first kappa shape index (κ1) is 33.5. The first-order valence-corrected chi connectivity index (χ1v) is 15.7. The smallest absolute Gasteiger partial charge is 0.416 e. The lowest BCUT2D eigenvalue weighted by Crippen LogP contribution is -2.49. The third-order valence-electron chi connectivity index (χ3n) is 9.13. The van der Waals surface area contributed by atoms with Crippen molar-refractivity contribution in [3.8, 4) is 5.69 Å². The number of aliphatic hydroxyl groups is 1. The molecule has 254 valence electrons. The number of carboxylic acid groups (broad SMARTS) is 1. The molecule has 0 aliphatic carbocycles. The van der Waals surface area contributed by atoms with Crippen LogP contribution in [0.4, 0.5) is 18.0 Å². The zero-order valence-electron chi connectivity index (χ0n) is 26.1. The van der Waals surface area contributed by atoms with Crippen molar-refractivity contribution in [2.24, 2.45) is 0 Å². The van der Waals surface area contributed by atoms with Crippen LogP contribution in [0.25, 0.3) is 16.7 Å². The molecule has 2 atom stereocenters. The van der Waals surface area contributed by atoms with E-state index < -0.39 is 40.9 Å². The lowest BCUT2D eigenvalue weighted by Gasteiger charge is -2.38. The molecule has 2 aliphatic rings. The highest BCUT2D eigenvalue weighted by Crippen LogP contribution is 2.33. The highest BCUT2D eigenvalue weighted by molar-refractivity contribution is 6.31. The van der Waals surface area contributed by atoms with Gasteiger partial charge >= 0.3 is 12.3 Å². The van der Waals surface area contributed by atoms with Crippen LogP contribution in [0, 0.1) is 6.92 Å². The molecule has 11 nitrogen and oxygen atoms in total. The number of aromatic nitrogens is 3. The number of alkyl halides is 3. The minimum atomic E-state index is -4.50. The zero-order chi connectivity index (χ0) is 34.5. The number of hydrogen-bond acceptors (Lipinski definition) is 6. The zero-order valence-corrected chi connectivity index (χ0v) is 26.8. The summed E-state index contributed by atoms with van der Waals surface area (Å²) in [5.74, 6) is -0.439. The average molecular weight is 688 g/mol. The van der Waals surface area contributed by atoms with E-state index in [4.69, 9.17) is 16.3 Å². The molecule has 0 saturated carbocycles. The summed E-state index contributed by atoms with van der Waals surface area (Å²) >= 11 is 6.62. The summed E-state index contributed by atoms with van der Waals surface area (Å²) in [6.07, 6.45) is -4.13. The lowest BCUT2D eigenvalue weighted by molar-refractivity contribution is -0.137. The molecule has 4 aromatic rings. The first-order chi connectivity index (χ1) is 22.6. The second-order valence-corrected chi connectivity index (χ2v) is 12.8. The molecule has 0 spiro atoms. The molecular weight excluding hydrogens is 655 g/mol. The van der Waals surface area contributed by atoms with Gasteiger partial charge < -0.3 is 19.8 Å². The second kappa shape index (κ2) is 12.6. The summed E-state index contributed by atoms with van der Waals surface area (Å²) in [6.45, 7) is 4.37. The molecule has 0 unspecified atom stereocenters. The molecule has 2 N–H and O–H groups in total. The summed E-state index contributed by atoms with van der Waals surface area (Å²) in [5.41, 5.74) is 0.0361. The number of piperidine rings is 1. The fourth-order valence-corrected chi connectivity index (χ4v) is 6.76. The molecule has 48 heavy (non-hydrogen) atoms. The fraction of sp³-hybridized carbons (Fsp3) is 0.394. The van der Waals surface area contributed by atoms with Gasteiger partial charge in [-0.05, 0) is 80.3 Å². The van der Waals surface area contributed by atoms with E-state index in [0.29, 0.717) is 11.3 Å². The minimum absolute atomic E-state index is 0.0875. The van der Waals surface area contributed by atoms with Crippen LogP contribution in [-0.4, -0.2) is 84.1 Å². The molecule has 4 heterocycles. The van der Waals surface area contributed by atoms with Gasteiger partial charge in [0.25, 0.3) is 11.5 Å². The quantitative estimate of drug-likeness (QED) is 0.292. The predicted molar refractivity (Wildman–Crippen MR) is 169 cm³/mol. The van der Waals surface area contributed by atoms with Gasteiger partial charge in [0.2, 0.25) is 0 Å². The number of fused-ring (bicyclic) bond motifs is 1. The molecule has 15 heteroatoms. The Kier molecular flexibility index (Phi) is 8.77. The van der Waals surface area contributed by atoms with Crippen molar-refractivity contribution in [1.29, 1.82) is 0 Å². The number of carbonyl (C=O) groups is 2. The second-order valence-electron chi connectivity index (χ2n) is 12.4. The number of hydrogen-bond donors (Lipinski definition) is 2. The van der Waals surface area contributed by atoms with Gasteiger partial charge in [0, 0.05) is 24.3 Å². The molecule has 2 aromatic carbocycles. The molecule has 2 fully saturated rings. The lowest BCUT2D eigenvalue weighted by atomic mass is 9.91. The van der Waals surface area contributed by atoms with Gasteiger partial charge in [-0.15, -0.1) is 0 Å². The number of nitrogens with zero attached hydrogens (tertiary/aromatic N) is 5. The maximum absolute atomic E-state index is 13.6. The number of ether oxygens (including phenoxy) is 1. The van der Waals surface area contributed by atoms with Crippen molar-refractivity contribution >= 4 is 34.6 Å². The van der Waals surface area contributed by atoms with E-state index in [2.05, 4.69) is 4.98 Å². The van der Waals surface area contributed by atoms with E-state index in [0.717, 1.165) is 35.4 Å². The molecule has 2 aromatic heterocycles. The molecule has 2 aliphatic heterocycles. The van der Waals surface area contributed by atoms with Crippen molar-refractivity contribution in [3.63, 3.8) is 0 Å². The number of morpholine rings is 1. The van der Waals surface area contributed by atoms with E-state index in [1.165, 1.54) is 26.8 Å². The van der Waals surface area contributed by atoms with Crippen LogP contribution in [-0.2, 0) is 17.5 Å². The molecular formula is C33H33ClF3N5O6. The number of halogens is 4. The topological polar surface area (TPSA) is 130 Å². The van der Waals surface area contributed by atoms with Gasteiger partial charge in [-0.1, -0.05) is 17.7 Å². The van der Waals surface area contributed by atoms with Crippen molar-refractivity contribution in [2.75, 3.05) is 26.2 Å². The van der Waals surface area contributed by atoms with Crippen LogP contribution in [0.1, 0.15) is 52.9 Å². The summed E-state index contributed by atoms with van der Waals surface area (Å²) < 4.78 is 47.4. The van der Waals surface area contributed by atoms with E-state index >= 15 is 0 Å². The number of amides is 2. The van der Waals surface area contributed by atoms with Crippen LogP contribution in [0.5, 0.6) is 0 Å². The third kappa shape index (κ3) is 6.39. The van der Waals surface area contributed by atoms with E-state index in [-0.39, 0.29) is 67.8 Å². The van der Waals surface area contributed by atoms with Gasteiger partial charge in [-0.3, -0.25) is 23.6 Å². The Labute approximate surface area is 277 Å². The van der Waals surface area contributed by atoms with Crippen LogP contribution in [0.3, 0.4) is 0 Å². The monoisotopic (exact) mass is 687 g/mol. The highest BCUT2D eigenvalue weighted by atomic mass is 35.5. The Morgan fingerprint density at radius 1 is 1.10 bits per heavy atom. The first-order valence-electron chi connectivity index (χ1n) is 15.3. The molecule has 6 rings (SSSR count). The normalized spacial score (nSPS) is 19.9. The standard InChI is InChI=1S/C33H33ClF3N5O6/c1-19-13-23(7-8-24(19)26-16-48-20(2)15-41(26)31(45)46)42-27(34)14-25-28(42)38-18-40(30(25)44)17-32(47)9-11-39(12-10-32)29(43)21-3-5-22(6-4-21)33(35,36)37/h3-8,13-14,18,20,26,47H,9-12,15-17H2,1-2H3,(H,45,46)/t20-,26-/m1/s1. The summed E-state index contributed by atoms with van der Waals surface area (Å²) in [5, 5.41) is 21.6. The Morgan fingerprint density at radius 3 is 2.42 bits per heavy atom. The van der Waals surface area contributed by atoms with Crippen LogP contribution < -0.4 is 5.56 Å². The van der Waals surface area contributed by atoms with Crippen LogP contribution >= 0.6 is 11.6 Å². The van der Waals surface area contributed by atoms with E-state index in [9.17, 15) is 37.8 Å². The van der Waals surface area contributed by atoms with Gasteiger partial charge in [-0.2, -0.15) is 13.2 Å². The summed E-state index contributed by atoms with van der Waals surface area (Å²) in [6, 6.07) is 10.5. The predicted octanol–water partition coefficient (Wildman–Crippen LogP) is 5.27. The SMILES string of the molecule is Cc1cc(-n2c(Cl)cc3c(=O)n(CC4(O)CCN(C(=O)c5ccc(C(F)(F)F)cc5)CC4)cnc32)ccc1[C@H]1CO[C@H](C)CN1C(=O)O. The Balaban J connectivity index is 1.18. The minimum Gasteiger partial charge on any atom is -0.465 e. The van der Waals surface area contributed by atoms with Gasteiger partial charge in [0.1, 0.15) is 11.5 Å². The maximum Gasteiger partial charge on any atom is 0.416 e. The summed E-state index contributed by atoms with van der Waals surface area (Å²) in [7, 11) is 0. The van der Waals surface area contributed by atoms with Crippen molar-refractivity contribution in [1.82, 2.24) is 23.9 Å². The Hall–Kier alpha value is -4.40. The number of aryl methyl sites for hydroxylation is 1. The Morgan fingerprint density at radius 2 is 1.79 bits per heavy atom. The highest BCUT2D eigenvalue weighted by Gasteiger charge is 2.36. The largest absolute Gasteiger partial charge is 0.465 e. The van der Waals surface area contributed by atoms with Crippen LogP contribution in [0.15, 0.2) is 59.7 Å². The van der Waals surface area contributed by atoms with E-state index in [1.807, 2.05) is 26.0 Å². The number of likely N-dealkylation sites (tertiary alicyclic amines) is 1. The van der Waals surface area contributed by atoms with Gasteiger partial charge in [-0.25, -0.2) is 9.78 Å². The molecule has 2 amide bonds. The molecule has 2 saturated heterocycles. The number of carbonyl (C=O) groups excluding carboxylic acids is 1. The van der Waals surface area contributed by atoms with Crippen molar-refractivity contribution < 1.29 is 37.7 Å². The van der Waals surface area contributed by atoms with Gasteiger partial charge in [0.15, 0.2) is 5.65 Å². The van der Waals surface area contributed by atoms with E-state index in [1.54, 1.807) is 10.6 Å². The Bertz CT molecular complexity index is 1930. The van der Waals surface area contributed by atoms with Crippen molar-refractivity contribution in [3.05, 3.63) is 92.6 Å². The molecule has 0 radical (unpaired) electrons. The number of benzene rings is 2. The van der Waals surface area contributed by atoms with Crippen molar-refractivity contribution in [2.45, 2.75) is 57.2 Å².